The predicted octanol–water partition coefficient (Wildman–Crippen LogP) is 5.26. The van der Waals surface area contributed by atoms with E-state index in [4.69, 9.17) is 4.42 Å². The van der Waals surface area contributed by atoms with E-state index in [-0.39, 0.29) is 37.3 Å². The summed E-state index contributed by atoms with van der Waals surface area (Å²) < 4.78 is 19.4. The van der Waals surface area contributed by atoms with Gasteiger partial charge >= 0.3 is 0 Å². The molecule has 0 bridgehead atoms. The monoisotopic (exact) mass is 486 g/mol. The minimum Gasteiger partial charge on any atom is -0.467 e. The first-order valence-electron chi connectivity index (χ1n) is 10.1. The third-order valence-corrected chi connectivity index (χ3v) is 5.47. The molecule has 31 heavy (non-hydrogen) atoms. The lowest BCUT2D eigenvalue weighted by Gasteiger charge is -2.27. The van der Waals surface area contributed by atoms with Gasteiger partial charge in [-0.2, -0.15) is 0 Å². The summed E-state index contributed by atoms with van der Waals surface area (Å²) in [7, 11) is 0. The van der Waals surface area contributed by atoms with Crippen LogP contribution < -0.4 is 0 Å². The zero-order valence-electron chi connectivity index (χ0n) is 17.3. The first-order chi connectivity index (χ1) is 15.0. The minimum atomic E-state index is -0.333. The van der Waals surface area contributed by atoms with E-state index in [1.54, 1.807) is 58.5 Å². The van der Waals surface area contributed by atoms with Crippen LogP contribution >= 0.6 is 15.9 Å². The summed E-state index contributed by atoms with van der Waals surface area (Å²) in [5.74, 6) is -0.118. The van der Waals surface area contributed by atoms with Crippen molar-refractivity contribution in [3.63, 3.8) is 0 Å². The van der Waals surface area contributed by atoms with Crippen LogP contribution in [0.1, 0.15) is 35.0 Å². The van der Waals surface area contributed by atoms with Crippen molar-refractivity contribution >= 4 is 27.7 Å². The van der Waals surface area contributed by atoms with E-state index in [0.717, 1.165) is 12.0 Å². The summed E-state index contributed by atoms with van der Waals surface area (Å²) in [6.07, 6.45) is 2.27. The molecule has 0 spiro atoms. The SMILES string of the molecule is CCCN(CC(=O)N(Cc1ccc(F)cc1)Cc1ccco1)C(=O)c1ccccc1Br. The van der Waals surface area contributed by atoms with Crippen molar-refractivity contribution < 1.29 is 18.4 Å². The Hall–Kier alpha value is -2.93. The lowest BCUT2D eigenvalue weighted by molar-refractivity contribution is -0.133. The van der Waals surface area contributed by atoms with Gasteiger partial charge in [0.2, 0.25) is 5.91 Å². The van der Waals surface area contributed by atoms with Gasteiger partial charge in [-0.3, -0.25) is 9.59 Å². The number of hydrogen-bond donors (Lipinski definition) is 0. The largest absolute Gasteiger partial charge is 0.467 e. The minimum absolute atomic E-state index is 0.0596. The molecule has 3 aromatic rings. The summed E-state index contributed by atoms with van der Waals surface area (Å²) in [6, 6.07) is 16.7. The van der Waals surface area contributed by atoms with Crippen molar-refractivity contribution in [1.29, 1.82) is 0 Å². The normalized spacial score (nSPS) is 10.7. The van der Waals surface area contributed by atoms with Crippen molar-refractivity contribution in [2.75, 3.05) is 13.1 Å². The Kier molecular flexibility index (Phi) is 8.00. The van der Waals surface area contributed by atoms with Crippen LogP contribution in [-0.2, 0) is 17.9 Å². The van der Waals surface area contributed by atoms with Gasteiger partial charge in [0.15, 0.2) is 0 Å². The molecule has 0 saturated heterocycles. The molecular weight excluding hydrogens is 463 g/mol. The van der Waals surface area contributed by atoms with Gasteiger partial charge in [-0.05, 0) is 64.3 Å². The van der Waals surface area contributed by atoms with E-state index in [2.05, 4.69) is 15.9 Å². The van der Waals surface area contributed by atoms with Gasteiger partial charge in [-0.25, -0.2) is 4.39 Å². The van der Waals surface area contributed by atoms with Crippen LogP contribution in [0.5, 0.6) is 0 Å². The lowest BCUT2D eigenvalue weighted by Crippen LogP contribution is -2.42. The van der Waals surface area contributed by atoms with Crippen molar-refractivity contribution in [1.82, 2.24) is 9.80 Å². The molecule has 2 amide bonds. The second-order valence-corrected chi connectivity index (χ2v) is 8.02. The van der Waals surface area contributed by atoms with Crippen molar-refractivity contribution in [3.05, 3.63) is 94.1 Å². The number of carbonyl (C=O) groups excluding carboxylic acids is 2. The molecule has 1 heterocycles. The Bertz CT molecular complexity index is 1010. The summed E-state index contributed by atoms with van der Waals surface area (Å²) in [6.45, 7) is 2.90. The highest BCUT2D eigenvalue weighted by Crippen LogP contribution is 2.19. The Morgan fingerprint density at radius 1 is 0.968 bits per heavy atom. The Morgan fingerprint density at radius 3 is 2.35 bits per heavy atom. The van der Waals surface area contributed by atoms with Gasteiger partial charge in [0.1, 0.15) is 18.1 Å². The standard InChI is InChI=1S/C24H24BrFN2O3/c1-2-13-27(24(30)21-7-3-4-8-22(21)25)17-23(29)28(16-20-6-5-14-31-20)15-18-9-11-19(26)12-10-18/h3-12,14H,2,13,15-17H2,1H3. The molecule has 162 valence electrons. The number of benzene rings is 2. The van der Waals surface area contributed by atoms with Crippen LogP contribution in [0.4, 0.5) is 4.39 Å². The number of amides is 2. The molecule has 3 rings (SSSR count). The van der Waals surface area contributed by atoms with E-state index in [1.165, 1.54) is 12.1 Å². The summed E-state index contributed by atoms with van der Waals surface area (Å²) >= 11 is 3.42. The quantitative estimate of drug-likeness (QED) is 0.414. The third kappa shape index (κ3) is 6.28. The fourth-order valence-electron chi connectivity index (χ4n) is 3.22. The number of rotatable bonds is 9. The van der Waals surface area contributed by atoms with Crippen LogP contribution in [0.25, 0.3) is 0 Å². The van der Waals surface area contributed by atoms with Gasteiger partial charge in [0, 0.05) is 17.6 Å². The number of nitrogens with zero attached hydrogens (tertiary/aromatic N) is 2. The second-order valence-electron chi connectivity index (χ2n) is 7.16. The van der Waals surface area contributed by atoms with Crippen molar-refractivity contribution in [3.8, 4) is 0 Å². The Balaban J connectivity index is 1.79. The van der Waals surface area contributed by atoms with E-state index < -0.39 is 0 Å². The molecule has 5 nitrogen and oxygen atoms in total. The molecule has 7 heteroatoms. The highest BCUT2D eigenvalue weighted by Gasteiger charge is 2.24. The van der Waals surface area contributed by atoms with Crippen LogP contribution in [0, 0.1) is 5.82 Å². The molecule has 0 saturated carbocycles. The first kappa shape index (κ1) is 22.7. The summed E-state index contributed by atoms with van der Waals surface area (Å²) in [5, 5.41) is 0. The van der Waals surface area contributed by atoms with E-state index >= 15 is 0 Å². The lowest BCUT2D eigenvalue weighted by atomic mass is 10.1. The number of furan rings is 1. The molecule has 2 aromatic carbocycles. The molecule has 0 N–H and O–H groups in total. The smallest absolute Gasteiger partial charge is 0.255 e. The predicted molar refractivity (Wildman–Crippen MR) is 120 cm³/mol. The van der Waals surface area contributed by atoms with Gasteiger partial charge in [-0.1, -0.05) is 31.2 Å². The Morgan fingerprint density at radius 2 is 1.71 bits per heavy atom. The number of hydrogen-bond acceptors (Lipinski definition) is 3. The highest BCUT2D eigenvalue weighted by molar-refractivity contribution is 9.10. The molecule has 0 radical (unpaired) electrons. The first-order valence-corrected chi connectivity index (χ1v) is 10.9. The van der Waals surface area contributed by atoms with Crippen molar-refractivity contribution in [2.45, 2.75) is 26.4 Å². The van der Waals surface area contributed by atoms with E-state index in [0.29, 0.717) is 22.3 Å². The summed E-state index contributed by atoms with van der Waals surface area (Å²) in [4.78, 5) is 29.5. The molecule has 0 unspecified atom stereocenters. The molecule has 0 aliphatic heterocycles. The van der Waals surface area contributed by atoms with Gasteiger partial charge < -0.3 is 14.2 Å². The molecular formula is C24H24BrFN2O3. The fraction of sp³-hybridized carbons (Fsp3) is 0.250. The maximum atomic E-state index is 13.3. The van der Waals surface area contributed by atoms with Crippen LogP contribution in [0.15, 0.2) is 75.8 Å². The zero-order valence-corrected chi connectivity index (χ0v) is 18.8. The van der Waals surface area contributed by atoms with Gasteiger partial charge in [0.25, 0.3) is 5.91 Å². The van der Waals surface area contributed by atoms with E-state index in [9.17, 15) is 14.0 Å². The van der Waals surface area contributed by atoms with Crippen molar-refractivity contribution in [2.24, 2.45) is 0 Å². The Labute approximate surface area is 189 Å². The molecule has 0 fully saturated rings. The molecule has 0 atom stereocenters. The highest BCUT2D eigenvalue weighted by atomic mass is 79.9. The third-order valence-electron chi connectivity index (χ3n) is 4.78. The topological polar surface area (TPSA) is 53.8 Å². The summed E-state index contributed by atoms with van der Waals surface area (Å²) in [5.41, 5.74) is 1.31. The van der Waals surface area contributed by atoms with Crippen LogP contribution in [-0.4, -0.2) is 34.7 Å². The average molecular weight is 487 g/mol. The van der Waals surface area contributed by atoms with E-state index in [1.807, 2.05) is 13.0 Å². The van der Waals surface area contributed by atoms with Gasteiger partial charge in [0.05, 0.1) is 18.4 Å². The molecule has 1 aromatic heterocycles. The van der Waals surface area contributed by atoms with Gasteiger partial charge in [-0.15, -0.1) is 0 Å². The molecule has 0 aliphatic rings. The zero-order chi connectivity index (χ0) is 22.2. The number of carbonyl (C=O) groups is 2. The second kappa shape index (κ2) is 10.9. The average Bonchev–Trinajstić information content (AvgIpc) is 3.27. The van der Waals surface area contributed by atoms with Crippen LogP contribution in [0.3, 0.4) is 0 Å². The number of halogens is 2. The fourth-order valence-corrected chi connectivity index (χ4v) is 3.68. The maximum Gasteiger partial charge on any atom is 0.255 e. The molecule has 0 aliphatic carbocycles. The van der Waals surface area contributed by atoms with Crippen LogP contribution in [0.2, 0.25) is 0 Å². The maximum absolute atomic E-state index is 13.3.